The number of halogens is 1. The van der Waals surface area contributed by atoms with Crippen LogP contribution in [0.1, 0.15) is 32.3 Å². The Labute approximate surface area is 112 Å². The maximum Gasteiger partial charge on any atom is 0.255 e. The zero-order valence-corrected chi connectivity index (χ0v) is 11.8. The topological polar surface area (TPSA) is 46.3 Å². The Hall–Kier alpha value is -1.36. The molecule has 0 aliphatic carbocycles. The van der Waals surface area contributed by atoms with Gasteiger partial charge in [0.2, 0.25) is 0 Å². The normalized spacial score (nSPS) is 11.1. The Morgan fingerprint density at radius 3 is 2.83 bits per heavy atom. The third-order valence-electron chi connectivity index (χ3n) is 3.04. The van der Waals surface area contributed by atoms with Gasteiger partial charge in [-0.25, -0.2) is 0 Å². The fourth-order valence-electron chi connectivity index (χ4n) is 2.02. The molecule has 0 radical (unpaired) electrons. The molecule has 2 aromatic heterocycles. The zero-order valence-electron chi connectivity index (χ0n) is 11.0. The van der Waals surface area contributed by atoms with Crippen molar-refractivity contribution in [3.05, 3.63) is 17.0 Å². The van der Waals surface area contributed by atoms with Crippen LogP contribution in [0.3, 0.4) is 0 Å². The number of hydrogen-bond donors (Lipinski definition) is 0. The second kappa shape index (κ2) is 5.52. The molecule has 0 N–H and O–H groups in total. The fourth-order valence-corrected chi connectivity index (χ4v) is 2.18. The third-order valence-corrected chi connectivity index (χ3v) is 3.40. The van der Waals surface area contributed by atoms with Crippen LogP contribution < -0.4 is 4.90 Å². The van der Waals surface area contributed by atoms with Crippen molar-refractivity contribution >= 4 is 23.2 Å². The second-order valence-electron chi connectivity index (χ2n) is 4.26. The van der Waals surface area contributed by atoms with Gasteiger partial charge in [0.25, 0.3) is 5.78 Å². The number of aromatic nitrogens is 4. The van der Waals surface area contributed by atoms with Crippen molar-refractivity contribution < 1.29 is 0 Å². The average Bonchev–Trinajstić information content (AvgIpc) is 2.81. The first kappa shape index (κ1) is 13.1. The van der Waals surface area contributed by atoms with Gasteiger partial charge in [-0.2, -0.15) is 19.6 Å². The highest BCUT2D eigenvalue weighted by Crippen LogP contribution is 2.25. The number of nitrogens with zero attached hydrogens (tertiary/aromatic N) is 5. The molecule has 2 aromatic rings. The van der Waals surface area contributed by atoms with E-state index in [0.29, 0.717) is 10.9 Å². The largest absolute Gasteiger partial charge is 0.356 e. The quantitative estimate of drug-likeness (QED) is 0.782. The van der Waals surface area contributed by atoms with Crippen molar-refractivity contribution in [2.45, 2.75) is 33.6 Å². The minimum Gasteiger partial charge on any atom is -0.356 e. The molecule has 6 heteroatoms. The molecule has 0 spiro atoms. The van der Waals surface area contributed by atoms with Crippen molar-refractivity contribution in [3.63, 3.8) is 0 Å². The van der Waals surface area contributed by atoms with Crippen LogP contribution in [0.5, 0.6) is 0 Å². The molecule has 2 rings (SSSR count). The SMILES string of the molecule is CCCCN(CC)c1c(C)c(Cl)nc2ncnn12. The van der Waals surface area contributed by atoms with E-state index in [9.17, 15) is 0 Å². The van der Waals surface area contributed by atoms with E-state index in [-0.39, 0.29) is 0 Å². The van der Waals surface area contributed by atoms with E-state index in [1.54, 1.807) is 4.52 Å². The summed E-state index contributed by atoms with van der Waals surface area (Å²) >= 11 is 6.17. The molecular formula is C12H18ClN5. The van der Waals surface area contributed by atoms with E-state index in [4.69, 9.17) is 11.6 Å². The maximum absolute atomic E-state index is 6.17. The van der Waals surface area contributed by atoms with E-state index in [2.05, 4.69) is 33.8 Å². The lowest BCUT2D eigenvalue weighted by Gasteiger charge is -2.25. The molecule has 0 fully saturated rings. The van der Waals surface area contributed by atoms with Gasteiger partial charge in [0.05, 0.1) is 0 Å². The Balaban J connectivity index is 2.52. The molecule has 0 unspecified atom stereocenters. The highest BCUT2D eigenvalue weighted by atomic mass is 35.5. The van der Waals surface area contributed by atoms with Crippen molar-refractivity contribution in [2.75, 3.05) is 18.0 Å². The van der Waals surface area contributed by atoms with E-state index in [1.165, 1.54) is 6.33 Å². The highest BCUT2D eigenvalue weighted by Gasteiger charge is 2.16. The molecule has 5 nitrogen and oxygen atoms in total. The molecule has 0 aliphatic heterocycles. The molecule has 0 aliphatic rings. The number of rotatable bonds is 5. The van der Waals surface area contributed by atoms with Crippen LogP contribution in [-0.4, -0.2) is 32.7 Å². The standard InChI is InChI=1S/C12H18ClN5/c1-4-6-7-17(5-2)11-9(3)10(13)16-12-14-8-15-18(11)12/h8H,4-7H2,1-3H3. The van der Waals surface area contributed by atoms with E-state index < -0.39 is 0 Å². The molecule has 2 heterocycles. The number of fused-ring (bicyclic) bond motifs is 1. The van der Waals surface area contributed by atoms with Gasteiger partial charge in [-0.1, -0.05) is 24.9 Å². The summed E-state index contributed by atoms with van der Waals surface area (Å²) < 4.78 is 1.76. The molecular weight excluding hydrogens is 250 g/mol. The summed E-state index contributed by atoms with van der Waals surface area (Å²) in [6.07, 6.45) is 3.81. The lowest BCUT2D eigenvalue weighted by atomic mass is 10.2. The van der Waals surface area contributed by atoms with Crippen molar-refractivity contribution in [2.24, 2.45) is 0 Å². The van der Waals surface area contributed by atoms with Crippen molar-refractivity contribution in [1.82, 2.24) is 19.6 Å². The molecule has 18 heavy (non-hydrogen) atoms. The smallest absolute Gasteiger partial charge is 0.255 e. The van der Waals surface area contributed by atoms with E-state index in [0.717, 1.165) is 37.3 Å². The molecule has 0 saturated heterocycles. The van der Waals surface area contributed by atoms with E-state index >= 15 is 0 Å². The summed E-state index contributed by atoms with van der Waals surface area (Å²) in [7, 11) is 0. The first-order valence-electron chi connectivity index (χ1n) is 6.29. The summed E-state index contributed by atoms with van der Waals surface area (Å²) in [5, 5.41) is 4.74. The molecule has 0 bridgehead atoms. The minimum atomic E-state index is 0.500. The predicted octanol–water partition coefficient (Wildman–Crippen LogP) is 2.71. The van der Waals surface area contributed by atoms with Gasteiger partial charge in [0.1, 0.15) is 17.3 Å². The van der Waals surface area contributed by atoms with Crippen molar-refractivity contribution in [3.8, 4) is 0 Å². The van der Waals surface area contributed by atoms with E-state index in [1.807, 2.05) is 6.92 Å². The van der Waals surface area contributed by atoms with Gasteiger partial charge in [-0.3, -0.25) is 0 Å². The predicted molar refractivity (Wildman–Crippen MR) is 73.3 cm³/mol. The van der Waals surface area contributed by atoms with Gasteiger partial charge in [-0.15, -0.1) is 0 Å². The van der Waals surface area contributed by atoms with Crippen LogP contribution >= 0.6 is 11.6 Å². The van der Waals surface area contributed by atoms with Crippen LogP contribution in [0, 0.1) is 6.92 Å². The summed E-state index contributed by atoms with van der Waals surface area (Å²) in [5.41, 5.74) is 0.951. The third kappa shape index (κ3) is 2.27. The Morgan fingerprint density at radius 2 is 2.17 bits per heavy atom. The summed E-state index contributed by atoms with van der Waals surface area (Å²) in [5.74, 6) is 1.55. The second-order valence-corrected chi connectivity index (χ2v) is 4.61. The first-order valence-corrected chi connectivity index (χ1v) is 6.67. The molecule has 98 valence electrons. The summed E-state index contributed by atoms with van der Waals surface area (Å²) in [6, 6.07) is 0. The summed E-state index contributed by atoms with van der Waals surface area (Å²) in [6.45, 7) is 8.19. The van der Waals surface area contributed by atoms with Gasteiger partial charge in [0, 0.05) is 18.7 Å². The van der Waals surface area contributed by atoms with Crippen LogP contribution in [0.25, 0.3) is 5.78 Å². The van der Waals surface area contributed by atoms with Crippen molar-refractivity contribution in [1.29, 1.82) is 0 Å². The maximum atomic E-state index is 6.17. The zero-order chi connectivity index (χ0) is 13.1. The Bertz CT molecular complexity index is 536. The number of unbranched alkanes of at least 4 members (excludes halogenated alkanes) is 1. The molecule has 0 amide bonds. The molecule has 0 aromatic carbocycles. The Kier molecular flexibility index (Phi) is 4.01. The highest BCUT2D eigenvalue weighted by molar-refractivity contribution is 6.30. The number of hydrogen-bond acceptors (Lipinski definition) is 4. The average molecular weight is 268 g/mol. The van der Waals surface area contributed by atoms with Gasteiger partial charge < -0.3 is 4.90 Å². The molecule has 0 saturated carbocycles. The Morgan fingerprint density at radius 1 is 1.39 bits per heavy atom. The van der Waals surface area contributed by atoms with Gasteiger partial charge in [0.15, 0.2) is 0 Å². The monoisotopic (exact) mass is 267 g/mol. The first-order chi connectivity index (χ1) is 8.69. The lowest BCUT2D eigenvalue weighted by molar-refractivity contribution is 0.706. The van der Waals surface area contributed by atoms with Crippen LogP contribution in [0.4, 0.5) is 5.82 Å². The lowest BCUT2D eigenvalue weighted by Crippen LogP contribution is -2.27. The van der Waals surface area contributed by atoms with Crippen LogP contribution in [-0.2, 0) is 0 Å². The van der Waals surface area contributed by atoms with Gasteiger partial charge >= 0.3 is 0 Å². The number of anilines is 1. The van der Waals surface area contributed by atoms with Crippen LogP contribution in [0.2, 0.25) is 5.15 Å². The minimum absolute atomic E-state index is 0.500. The molecule has 0 atom stereocenters. The van der Waals surface area contributed by atoms with Crippen LogP contribution in [0.15, 0.2) is 6.33 Å². The fraction of sp³-hybridized carbons (Fsp3) is 0.583. The van der Waals surface area contributed by atoms with Gasteiger partial charge in [-0.05, 0) is 20.3 Å². The summed E-state index contributed by atoms with van der Waals surface area (Å²) in [4.78, 5) is 10.6.